The normalized spacial score (nSPS) is 14.6. The van der Waals surface area contributed by atoms with Gasteiger partial charge in [-0.05, 0) is 66.1 Å². The van der Waals surface area contributed by atoms with Crippen LogP contribution in [-0.2, 0) is 16.1 Å². The minimum atomic E-state index is -0.832. The van der Waals surface area contributed by atoms with Crippen LogP contribution in [0.15, 0.2) is 106 Å². The number of rotatable bonds is 8. The van der Waals surface area contributed by atoms with Crippen LogP contribution < -0.4 is 19.6 Å². The lowest BCUT2D eigenvalue weighted by molar-refractivity contribution is -0.384. The maximum absolute atomic E-state index is 14.2. The van der Waals surface area contributed by atoms with E-state index < -0.39 is 16.9 Å². The van der Waals surface area contributed by atoms with Crippen molar-refractivity contribution in [3.05, 3.63) is 148 Å². The minimum absolute atomic E-state index is 0.00281. The Hall–Kier alpha value is -5.06. The number of carbonyl (C=O) groups excluding carboxylic acids is 1. The number of allylic oxidation sites excluding steroid dienone is 1. The van der Waals surface area contributed by atoms with Crippen molar-refractivity contribution in [2.45, 2.75) is 26.5 Å². The Morgan fingerprint density at radius 1 is 1.07 bits per heavy atom. The quantitative estimate of drug-likeness (QED) is 0.115. The van der Waals surface area contributed by atoms with Gasteiger partial charge in [0, 0.05) is 22.7 Å². The number of thiazole rings is 1. The van der Waals surface area contributed by atoms with Crippen molar-refractivity contribution < 1.29 is 19.2 Å². The first-order chi connectivity index (χ1) is 21.8. The summed E-state index contributed by atoms with van der Waals surface area (Å²) >= 11 is 7.84. The fourth-order valence-corrected chi connectivity index (χ4v) is 6.61. The van der Waals surface area contributed by atoms with Crippen molar-refractivity contribution in [1.82, 2.24) is 4.57 Å². The number of esters is 1. The molecule has 0 radical (unpaired) electrons. The molecular formula is C34H26ClN3O6S. The molecule has 6 rings (SSSR count). The lowest BCUT2D eigenvalue weighted by Gasteiger charge is -2.25. The van der Waals surface area contributed by atoms with E-state index in [9.17, 15) is 19.7 Å². The highest BCUT2D eigenvalue weighted by Crippen LogP contribution is 2.35. The third-order valence-electron chi connectivity index (χ3n) is 7.46. The van der Waals surface area contributed by atoms with E-state index in [1.807, 2.05) is 36.4 Å². The standard InChI is InChI=1S/C34H26ClN3O6S/c1-3-43-33(40)30-20(2)36-34-37(31(30)25-10-6-7-11-27(25)35)32(39)29(45-34)18-26-24-9-5-4-8-22(24)14-17-28(26)44-19-21-12-15-23(16-13-21)38(41)42/h4-18,31H,3,19H2,1-2H3/b29-18-/t31-/m1/s1. The predicted octanol–water partition coefficient (Wildman–Crippen LogP) is 6.09. The van der Waals surface area contributed by atoms with Gasteiger partial charge < -0.3 is 9.47 Å². The van der Waals surface area contributed by atoms with Crippen molar-refractivity contribution in [2.24, 2.45) is 4.99 Å². The number of ether oxygens (including phenoxy) is 2. The van der Waals surface area contributed by atoms with Crippen molar-refractivity contribution in [3.8, 4) is 5.75 Å². The largest absolute Gasteiger partial charge is 0.488 e. The lowest BCUT2D eigenvalue weighted by Crippen LogP contribution is -2.40. The number of benzene rings is 4. The predicted molar refractivity (Wildman–Crippen MR) is 173 cm³/mol. The minimum Gasteiger partial charge on any atom is -0.488 e. The monoisotopic (exact) mass is 639 g/mol. The fourth-order valence-electron chi connectivity index (χ4n) is 5.34. The number of hydrogen-bond acceptors (Lipinski definition) is 8. The molecule has 0 saturated heterocycles. The second-order valence-corrected chi connectivity index (χ2v) is 11.7. The van der Waals surface area contributed by atoms with Crippen LogP contribution in [0, 0.1) is 10.1 Å². The van der Waals surface area contributed by atoms with Gasteiger partial charge in [0.2, 0.25) is 0 Å². The van der Waals surface area contributed by atoms with Gasteiger partial charge >= 0.3 is 5.97 Å². The summed E-state index contributed by atoms with van der Waals surface area (Å²) in [6, 6.07) is 24.0. The number of aromatic nitrogens is 1. The molecule has 1 aromatic heterocycles. The van der Waals surface area contributed by atoms with E-state index in [0.29, 0.717) is 36.9 Å². The molecule has 0 bridgehead atoms. The van der Waals surface area contributed by atoms with Crippen molar-refractivity contribution >= 4 is 51.4 Å². The zero-order valence-corrected chi connectivity index (χ0v) is 25.8. The molecule has 45 heavy (non-hydrogen) atoms. The molecule has 0 unspecified atom stereocenters. The van der Waals surface area contributed by atoms with Gasteiger partial charge in [-0.2, -0.15) is 0 Å². The number of nitro benzene ring substituents is 1. The molecule has 226 valence electrons. The highest BCUT2D eigenvalue weighted by atomic mass is 35.5. The summed E-state index contributed by atoms with van der Waals surface area (Å²) in [7, 11) is 0. The summed E-state index contributed by atoms with van der Waals surface area (Å²) < 4.78 is 13.5. The van der Waals surface area contributed by atoms with E-state index in [1.54, 1.807) is 56.3 Å². The molecule has 0 saturated carbocycles. The Kier molecular flexibility index (Phi) is 8.34. The molecule has 0 fully saturated rings. The highest BCUT2D eigenvalue weighted by Gasteiger charge is 2.34. The van der Waals surface area contributed by atoms with Gasteiger partial charge in [-0.3, -0.25) is 19.5 Å². The van der Waals surface area contributed by atoms with Crippen LogP contribution in [0.25, 0.3) is 16.8 Å². The Morgan fingerprint density at radius 3 is 2.53 bits per heavy atom. The number of nitrogens with zero attached hydrogens (tertiary/aromatic N) is 3. The fraction of sp³-hybridized carbons (Fsp3) is 0.147. The molecule has 1 atom stereocenters. The van der Waals surface area contributed by atoms with Crippen LogP contribution in [0.4, 0.5) is 5.69 Å². The number of fused-ring (bicyclic) bond motifs is 2. The molecule has 0 aliphatic carbocycles. The molecule has 4 aromatic carbocycles. The maximum Gasteiger partial charge on any atom is 0.338 e. The van der Waals surface area contributed by atoms with Gasteiger partial charge in [0.15, 0.2) is 4.80 Å². The van der Waals surface area contributed by atoms with E-state index in [1.165, 1.54) is 28.0 Å². The Balaban J connectivity index is 1.50. The number of carbonyl (C=O) groups is 1. The van der Waals surface area contributed by atoms with Gasteiger partial charge in [0.25, 0.3) is 11.2 Å². The topological polar surface area (TPSA) is 113 Å². The first-order valence-electron chi connectivity index (χ1n) is 14.1. The van der Waals surface area contributed by atoms with Crippen LogP contribution >= 0.6 is 22.9 Å². The molecule has 0 N–H and O–H groups in total. The summed E-state index contributed by atoms with van der Waals surface area (Å²) in [5.41, 5.74) is 2.38. The van der Waals surface area contributed by atoms with Gasteiger partial charge in [-0.25, -0.2) is 9.79 Å². The Bertz CT molecular complexity index is 2190. The van der Waals surface area contributed by atoms with Gasteiger partial charge in [0.05, 0.1) is 27.3 Å². The Morgan fingerprint density at radius 2 is 1.80 bits per heavy atom. The van der Waals surface area contributed by atoms with E-state index in [-0.39, 0.29) is 30.0 Å². The van der Waals surface area contributed by atoms with E-state index in [2.05, 4.69) is 4.99 Å². The second kappa shape index (κ2) is 12.5. The molecular weight excluding hydrogens is 614 g/mol. The SMILES string of the molecule is CCOC(=O)C1=C(C)N=c2s/c(=C\c3c(OCc4ccc([N+](=O)[O-])cc4)ccc4ccccc34)c(=O)n2[C@@H]1c1ccccc1Cl. The zero-order chi connectivity index (χ0) is 31.7. The van der Waals surface area contributed by atoms with E-state index >= 15 is 0 Å². The second-order valence-electron chi connectivity index (χ2n) is 10.2. The molecule has 11 heteroatoms. The molecule has 1 aliphatic rings. The molecule has 5 aromatic rings. The number of halogens is 1. The maximum atomic E-state index is 14.2. The van der Waals surface area contributed by atoms with Crippen molar-refractivity contribution in [1.29, 1.82) is 0 Å². The number of non-ortho nitro benzene ring substituents is 1. The van der Waals surface area contributed by atoms with Crippen molar-refractivity contribution in [2.75, 3.05) is 6.61 Å². The third-order valence-corrected chi connectivity index (χ3v) is 8.79. The smallest absolute Gasteiger partial charge is 0.338 e. The molecule has 2 heterocycles. The van der Waals surface area contributed by atoms with Gasteiger partial charge in [-0.1, -0.05) is 71.5 Å². The van der Waals surface area contributed by atoms with Crippen LogP contribution in [0.3, 0.4) is 0 Å². The summed E-state index contributed by atoms with van der Waals surface area (Å²) in [5, 5.41) is 13.3. The van der Waals surface area contributed by atoms with E-state index in [4.69, 9.17) is 21.1 Å². The van der Waals surface area contributed by atoms with Crippen LogP contribution in [-0.4, -0.2) is 22.1 Å². The van der Waals surface area contributed by atoms with Crippen LogP contribution in [0.1, 0.15) is 36.6 Å². The number of nitro groups is 1. The molecule has 1 aliphatic heterocycles. The van der Waals surface area contributed by atoms with Gasteiger partial charge in [0.1, 0.15) is 18.4 Å². The summed E-state index contributed by atoms with van der Waals surface area (Å²) in [4.78, 5) is 43.1. The summed E-state index contributed by atoms with van der Waals surface area (Å²) in [6.07, 6.45) is 1.78. The molecule has 0 amide bonds. The lowest BCUT2D eigenvalue weighted by atomic mass is 9.96. The number of hydrogen-bond donors (Lipinski definition) is 0. The average Bonchev–Trinajstić information content (AvgIpc) is 3.34. The molecule has 0 spiro atoms. The van der Waals surface area contributed by atoms with Gasteiger partial charge in [-0.15, -0.1) is 0 Å². The highest BCUT2D eigenvalue weighted by molar-refractivity contribution is 7.07. The van der Waals surface area contributed by atoms with E-state index in [0.717, 1.165) is 16.3 Å². The third kappa shape index (κ3) is 5.77. The molecule has 9 nitrogen and oxygen atoms in total. The first kappa shape index (κ1) is 30.0. The summed E-state index contributed by atoms with van der Waals surface area (Å²) in [6.45, 7) is 3.77. The van der Waals surface area contributed by atoms with Crippen molar-refractivity contribution in [3.63, 3.8) is 0 Å². The van der Waals surface area contributed by atoms with Crippen LogP contribution in [0.5, 0.6) is 5.75 Å². The zero-order valence-electron chi connectivity index (χ0n) is 24.2. The Labute approximate surface area is 266 Å². The summed E-state index contributed by atoms with van der Waals surface area (Å²) in [5.74, 6) is -0.0298. The average molecular weight is 640 g/mol. The first-order valence-corrected chi connectivity index (χ1v) is 15.3. The van der Waals surface area contributed by atoms with Crippen LogP contribution in [0.2, 0.25) is 5.02 Å².